The molecule has 1 aromatic carbocycles. The van der Waals surface area contributed by atoms with Crippen LogP contribution >= 0.6 is 0 Å². The second-order valence-corrected chi connectivity index (χ2v) is 5.27. The number of hydrogen-bond acceptors (Lipinski definition) is 3. The third kappa shape index (κ3) is 1.94. The highest BCUT2D eigenvalue weighted by Crippen LogP contribution is 2.44. The third-order valence-electron chi connectivity index (χ3n) is 3.64. The van der Waals surface area contributed by atoms with Gasteiger partial charge >= 0.3 is 5.97 Å². The summed E-state index contributed by atoms with van der Waals surface area (Å²) >= 11 is 0. The van der Waals surface area contributed by atoms with Gasteiger partial charge in [0, 0.05) is 0 Å². The third-order valence-corrected chi connectivity index (χ3v) is 3.64. The van der Waals surface area contributed by atoms with Crippen LogP contribution in [0.4, 0.5) is 0 Å². The highest BCUT2D eigenvalue weighted by molar-refractivity contribution is 6.04. The summed E-state index contributed by atoms with van der Waals surface area (Å²) < 4.78 is 5.50. The number of ketones is 1. The lowest BCUT2D eigenvalue weighted by Gasteiger charge is -2.39. The first-order valence-corrected chi connectivity index (χ1v) is 6.28. The van der Waals surface area contributed by atoms with Gasteiger partial charge in [-0.25, -0.2) is 0 Å². The first kappa shape index (κ1) is 12.8. The quantitative estimate of drug-likeness (QED) is 0.595. The van der Waals surface area contributed by atoms with Crippen molar-refractivity contribution in [2.75, 3.05) is 0 Å². The Morgan fingerprint density at radius 2 is 1.78 bits per heavy atom. The lowest BCUT2D eigenvalue weighted by molar-refractivity contribution is -0.178. The lowest BCUT2D eigenvalue weighted by Crippen LogP contribution is -2.47. The first-order valence-electron chi connectivity index (χ1n) is 6.28. The van der Waals surface area contributed by atoms with E-state index in [9.17, 15) is 9.59 Å². The summed E-state index contributed by atoms with van der Waals surface area (Å²) in [6.07, 6.45) is 0.0179. The Morgan fingerprint density at radius 3 is 2.33 bits per heavy atom. The molecule has 1 heterocycles. The summed E-state index contributed by atoms with van der Waals surface area (Å²) in [5, 5.41) is 0. The molecule has 3 heteroatoms. The summed E-state index contributed by atoms with van der Waals surface area (Å²) in [6, 6.07) is 9.45. The second kappa shape index (κ2) is 4.56. The number of carbonyl (C=O) groups is 2. The van der Waals surface area contributed by atoms with Gasteiger partial charge in [-0.05, 0) is 25.8 Å². The number of Topliss-reactive ketones (excluding diaryl/α,β-unsaturated/α-hetero) is 1. The normalized spacial score (nSPS) is 26.8. The number of cyclic esters (lactones) is 1. The van der Waals surface area contributed by atoms with Gasteiger partial charge in [0.05, 0.1) is 5.41 Å². The zero-order valence-corrected chi connectivity index (χ0v) is 11.0. The molecule has 0 bridgehead atoms. The van der Waals surface area contributed by atoms with Crippen LogP contribution in [0.1, 0.15) is 38.9 Å². The standard InChI is InChI=1S/C15H18O3/c1-4-11-12(16)15(2,3)13(18-14(11)17)10-8-6-5-7-9-10/h5-9,11,13H,4H2,1-3H3/t11-,13+/m0/s1. The van der Waals surface area contributed by atoms with Crippen LogP contribution in [0.25, 0.3) is 0 Å². The van der Waals surface area contributed by atoms with Crippen molar-refractivity contribution in [2.45, 2.75) is 33.3 Å². The zero-order valence-electron chi connectivity index (χ0n) is 11.0. The maximum absolute atomic E-state index is 12.4. The predicted molar refractivity (Wildman–Crippen MR) is 67.8 cm³/mol. The second-order valence-electron chi connectivity index (χ2n) is 5.27. The Morgan fingerprint density at radius 1 is 1.17 bits per heavy atom. The van der Waals surface area contributed by atoms with E-state index in [0.29, 0.717) is 6.42 Å². The van der Waals surface area contributed by atoms with Gasteiger partial charge < -0.3 is 4.74 Å². The minimum atomic E-state index is -0.671. The molecular formula is C15H18O3. The topological polar surface area (TPSA) is 43.4 Å². The molecule has 1 aliphatic rings. The lowest BCUT2D eigenvalue weighted by atomic mass is 9.72. The van der Waals surface area contributed by atoms with Gasteiger partial charge in [0.15, 0.2) is 5.78 Å². The Kier molecular flexibility index (Phi) is 3.24. The molecule has 0 aromatic heterocycles. The molecule has 2 rings (SSSR count). The van der Waals surface area contributed by atoms with E-state index in [1.165, 1.54) is 0 Å². The van der Waals surface area contributed by atoms with Gasteiger partial charge in [-0.15, -0.1) is 0 Å². The van der Waals surface area contributed by atoms with E-state index in [2.05, 4.69) is 0 Å². The molecule has 1 aromatic rings. The summed E-state index contributed by atoms with van der Waals surface area (Å²) in [7, 11) is 0. The molecule has 0 aliphatic carbocycles. The van der Waals surface area contributed by atoms with Crippen molar-refractivity contribution >= 4 is 11.8 Å². The largest absolute Gasteiger partial charge is 0.456 e. The van der Waals surface area contributed by atoms with Crippen molar-refractivity contribution in [3.63, 3.8) is 0 Å². The Labute approximate surface area is 107 Å². The molecule has 0 radical (unpaired) electrons. The van der Waals surface area contributed by atoms with Crippen LogP contribution in [-0.2, 0) is 14.3 Å². The van der Waals surface area contributed by atoms with Crippen molar-refractivity contribution in [1.29, 1.82) is 0 Å². The molecule has 2 atom stereocenters. The molecule has 1 fully saturated rings. The molecule has 18 heavy (non-hydrogen) atoms. The molecule has 0 saturated carbocycles. The Bertz CT molecular complexity index is 462. The van der Waals surface area contributed by atoms with Gasteiger partial charge in [0.2, 0.25) is 0 Å². The van der Waals surface area contributed by atoms with Crippen LogP contribution in [0.5, 0.6) is 0 Å². The maximum atomic E-state index is 12.4. The molecule has 0 N–H and O–H groups in total. The summed E-state index contributed by atoms with van der Waals surface area (Å²) in [6.45, 7) is 5.53. The average Bonchev–Trinajstić information content (AvgIpc) is 2.36. The smallest absolute Gasteiger partial charge is 0.317 e. The number of ether oxygens (including phenoxy) is 1. The fourth-order valence-corrected chi connectivity index (χ4v) is 2.50. The van der Waals surface area contributed by atoms with Crippen LogP contribution in [0.2, 0.25) is 0 Å². The SMILES string of the molecule is CC[C@@H]1C(=O)O[C@H](c2ccccc2)C(C)(C)C1=O. The molecule has 0 spiro atoms. The van der Waals surface area contributed by atoms with Crippen LogP contribution in [-0.4, -0.2) is 11.8 Å². The summed E-state index contributed by atoms with van der Waals surface area (Å²) in [4.78, 5) is 24.2. The number of rotatable bonds is 2. The Hall–Kier alpha value is -1.64. The molecule has 96 valence electrons. The zero-order chi connectivity index (χ0) is 13.3. The highest BCUT2D eigenvalue weighted by Gasteiger charge is 2.50. The molecule has 3 nitrogen and oxygen atoms in total. The molecule has 0 amide bonds. The van der Waals surface area contributed by atoms with Crippen LogP contribution < -0.4 is 0 Å². The van der Waals surface area contributed by atoms with E-state index >= 15 is 0 Å². The number of benzene rings is 1. The van der Waals surface area contributed by atoms with Crippen LogP contribution in [0.3, 0.4) is 0 Å². The minimum Gasteiger partial charge on any atom is -0.456 e. The van der Waals surface area contributed by atoms with Crippen molar-refractivity contribution in [3.8, 4) is 0 Å². The fourth-order valence-electron chi connectivity index (χ4n) is 2.50. The highest BCUT2D eigenvalue weighted by atomic mass is 16.5. The van der Waals surface area contributed by atoms with E-state index in [0.717, 1.165) is 5.56 Å². The van der Waals surface area contributed by atoms with Crippen molar-refractivity contribution in [2.24, 2.45) is 11.3 Å². The summed E-state index contributed by atoms with van der Waals surface area (Å²) in [5.41, 5.74) is 0.203. The maximum Gasteiger partial charge on any atom is 0.317 e. The van der Waals surface area contributed by atoms with Gasteiger partial charge in [-0.1, -0.05) is 37.3 Å². The van der Waals surface area contributed by atoms with Crippen LogP contribution in [0, 0.1) is 11.3 Å². The van der Waals surface area contributed by atoms with Crippen LogP contribution in [0.15, 0.2) is 30.3 Å². The van der Waals surface area contributed by atoms with Crippen molar-refractivity contribution in [1.82, 2.24) is 0 Å². The van der Waals surface area contributed by atoms with E-state index in [1.807, 2.05) is 51.1 Å². The molecular weight excluding hydrogens is 228 g/mol. The van der Waals surface area contributed by atoms with Gasteiger partial charge in [0.25, 0.3) is 0 Å². The van der Waals surface area contributed by atoms with Crippen molar-refractivity contribution < 1.29 is 14.3 Å². The van der Waals surface area contributed by atoms with E-state index < -0.39 is 23.4 Å². The monoisotopic (exact) mass is 246 g/mol. The van der Waals surface area contributed by atoms with Gasteiger partial charge in [-0.2, -0.15) is 0 Å². The fraction of sp³-hybridized carbons (Fsp3) is 0.467. The van der Waals surface area contributed by atoms with Gasteiger partial charge in [0.1, 0.15) is 12.0 Å². The number of esters is 1. The number of hydrogen-bond donors (Lipinski definition) is 0. The average molecular weight is 246 g/mol. The minimum absolute atomic E-state index is 0.0184. The number of carbonyl (C=O) groups excluding carboxylic acids is 2. The molecule has 1 aliphatic heterocycles. The molecule has 1 saturated heterocycles. The Balaban J connectivity index is 2.39. The van der Waals surface area contributed by atoms with Crippen molar-refractivity contribution in [3.05, 3.63) is 35.9 Å². The van der Waals surface area contributed by atoms with E-state index in [-0.39, 0.29) is 5.78 Å². The van der Waals surface area contributed by atoms with E-state index in [4.69, 9.17) is 4.74 Å². The molecule has 0 unspecified atom stereocenters. The first-order chi connectivity index (χ1) is 8.48. The summed E-state index contributed by atoms with van der Waals surface area (Å²) in [5.74, 6) is -1.02. The van der Waals surface area contributed by atoms with E-state index in [1.54, 1.807) is 0 Å². The van der Waals surface area contributed by atoms with Gasteiger partial charge in [-0.3, -0.25) is 9.59 Å². The predicted octanol–water partition coefficient (Wildman–Crippen LogP) is 2.91.